The maximum absolute atomic E-state index is 12.0. The summed E-state index contributed by atoms with van der Waals surface area (Å²) in [7, 11) is 4.64. The lowest BCUT2D eigenvalue weighted by atomic mass is 10.1. The molecule has 1 aliphatic heterocycles. The molecule has 0 spiro atoms. The van der Waals surface area contributed by atoms with Crippen molar-refractivity contribution in [3.8, 4) is 17.2 Å². The molecule has 0 bridgehead atoms. The predicted octanol–water partition coefficient (Wildman–Crippen LogP) is 1.47. The van der Waals surface area contributed by atoms with Crippen molar-refractivity contribution in [3.05, 3.63) is 17.7 Å². The highest BCUT2D eigenvalue weighted by atomic mass is 32.2. The van der Waals surface area contributed by atoms with E-state index < -0.39 is 0 Å². The third-order valence-corrected chi connectivity index (χ3v) is 3.81. The summed E-state index contributed by atoms with van der Waals surface area (Å²) in [5.74, 6) is 2.39. The molecule has 1 aliphatic rings. The first-order valence-corrected chi connectivity index (χ1v) is 7.42. The van der Waals surface area contributed by atoms with E-state index in [9.17, 15) is 4.79 Å². The molecule has 0 radical (unpaired) electrons. The van der Waals surface area contributed by atoms with Crippen LogP contribution in [0.15, 0.2) is 17.1 Å². The smallest absolute Gasteiger partial charge is 0.230 e. The van der Waals surface area contributed by atoms with Gasteiger partial charge in [-0.3, -0.25) is 9.79 Å². The van der Waals surface area contributed by atoms with Crippen LogP contribution in [-0.4, -0.2) is 44.7 Å². The normalized spacial score (nSPS) is 13.6. The lowest BCUT2D eigenvalue weighted by molar-refractivity contribution is -0.119. The van der Waals surface area contributed by atoms with E-state index in [4.69, 9.17) is 14.2 Å². The Morgan fingerprint density at radius 1 is 1.24 bits per heavy atom. The lowest BCUT2D eigenvalue weighted by Crippen LogP contribution is -2.28. The number of ether oxygens (including phenoxy) is 3. The Bertz CT molecular complexity index is 535. The van der Waals surface area contributed by atoms with Gasteiger partial charge in [0.15, 0.2) is 16.7 Å². The van der Waals surface area contributed by atoms with Gasteiger partial charge < -0.3 is 19.5 Å². The van der Waals surface area contributed by atoms with E-state index in [1.165, 1.54) is 0 Å². The fourth-order valence-electron chi connectivity index (χ4n) is 2.00. The minimum atomic E-state index is -0.113. The number of carbonyl (C=O) groups excluding carboxylic acids is 1. The van der Waals surface area contributed by atoms with Gasteiger partial charge in [0.1, 0.15) is 0 Å². The SMILES string of the molecule is COc1cc(CC(=O)NC2=NCCS2)cc(OC)c1OC. The Balaban J connectivity index is 2.13. The van der Waals surface area contributed by atoms with Crippen molar-refractivity contribution in [2.75, 3.05) is 33.6 Å². The largest absolute Gasteiger partial charge is 0.493 e. The number of thioether (sulfide) groups is 1. The second-order valence-corrected chi connectivity index (χ2v) is 5.38. The van der Waals surface area contributed by atoms with Gasteiger partial charge in [-0.15, -0.1) is 0 Å². The number of methoxy groups -OCH3 is 3. The third-order valence-electron chi connectivity index (χ3n) is 2.92. The molecule has 0 saturated heterocycles. The highest BCUT2D eigenvalue weighted by Crippen LogP contribution is 2.38. The number of nitrogens with zero attached hydrogens (tertiary/aromatic N) is 1. The summed E-state index contributed by atoms with van der Waals surface area (Å²) in [5, 5.41) is 3.48. The number of amidine groups is 1. The van der Waals surface area contributed by atoms with E-state index in [1.54, 1.807) is 45.2 Å². The van der Waals surface area contributed by atoms with E-state index in [0.717, 1.165) is 17.9 Å². The highest BCUT2D eigenvalue weighted by Gasteiger charge is 2.16. The number of nitrogens with one attached hydrogen (secondary N) is 1. The summed E-state index contributed by atoms with van der Waals surface area (Å²) < 4.78 is 15.8. The summed E-state index contributed by atoms with van der Waals surface area (Å²) in [4.78, 5) is 16.2. The van der Waals surface area contributed by atoms with Crippen molar-refractivity contribution in [2.45, 2.75) is 6.42 Å². The van der Waals surface area contributed by atoms with Crippen molar-refractivity contribution < 1.29 is 19.0 Å². The summed E-state index contributed by atoms with van der Waals surface area (Å²) in [6.45, 7) is 0.754. The van der Waals surface area contributed by atoms with E-state index in [2.05, 4.69) is 10.3 Å². The first kappa shape index (κ1) is 15.5. The number of carbonyl (C=O) groups is 1. The minimum Gasteiger partial charge on any atom is -0.493 e. The van der Waals surface area contributed by atoms with Crippen LogP contribution in [0.3, 0.4) is 0 Å². The fraction of sp³-hybridized carbons (Fsp3) is 0.429. The molecule has 0 fully saturated rings. The Labute approximate surface area is 127 Å². The molecule has 1 aromatic rings. The van der Waals surface area contributed by atoms with Crippen LogP contribution in [0.4, 0.5) is 0 Å². The van der Waals surface area contributed by atoms with Gasteiger partial charge in [-0.05, 0) is 17.7 Å². The minimum absolute atomic E-state index is 0.113. The van der Waals surface area contributed by atoms with Gasteiger partial charge in [-0.2, -0.15) is 0 Å². The van der Waals surface area contributed by atoms with Crippen LogP contribution in [0.1, 0.15) is 5.56 Å². The molecule has 1 N–H and O–H groups in total. The van der Waals surface area contributed by atoms with Gasteiger partial charge in [0, 0.05) is 5.75 Å². The molecule has 21 heavy (non-hydrogen) atoms. The van der Waals surface area contributed by atoms with Gasteiger partial charge in [0.05, 0.1) is 34.3 Å². The first-order chi connectivity index (χ1) is 10.2. The van der Waals surface area contributed by atoms with Crippen LogP contribution in [0.25, 0.3) is 0 Å². The number of benzene rings is 1. The van der Waals surface area contributed by atoms with E-state index in [1.807, 2.05) is 0 Å². The van der Waals surface area contributed by atoms with Gasteiger partial charge in [-0.25, -0.2) is 0 Å². The zero-order chi connectivity index (χ0) is 15.2. The Morgan fingerprint density at radius 3 is 2.38 bits per heavy atom. The summed E-state index contributed by atoms with van der Waals surface area (Å²) in [6, 6.07) is 3.54. The number of amides is 1. The van der Waals surface area contributed by atoms with Gasteiger partial charge in [0.25, 0.3) is 0 Å². The van der Waals surface area contributed by atoms with Gasteiger partial charge in [-0.1, -0.05) is 11.8 Å². The zero-order valence-electron chi connectivity index (χ0n) is 12.3. The van der Waals surface area contributed by atoms with Crippen LogP contribution in [-0.2, 0) is 11.2 Å². The van der Waals surface area contributed by atoms with Crippen LogP contribution in [0, 0.1) is 0 Å². The fourth-order valence-corrected chi connectivity index (χ4v) is 2.74. The maximum atomic E-state index is 12.0. The average Bonchev–Trinajstić information content (AvgIpc) is 2.98. The van der Waals surface area contributed by atoms with Crippen molar-refractivity contribution in [2.24, 2.45) is 4.99 Å². The molecule has 1 aromatic carbocycles. The number of rotatable bonds is 5. The number of hydrogen-bond acceptors (Lipinski definition) is 6. The lowest BCUT2D eigenvalue weighted by Gasteiger charge is -2.14. The maximum Gasteiger partial charge on any atom is 0.230 e. The molecule has 0 saturated carbocycles. The molecule has 1 amide bonds. The topological polar surface area (TPSA) is 69.2 Å². The second kappa shape index (κ2) is 7.21. The van der Waals surface area contributed by atoms with Crippen LogP contribution < -0.4 is 19.5 Å². The Kier molecular flexibility index (Phi) is 5.32. The number of hydrogen-bond donors (Lipinski definition) is 1. The molecule has 1 heterocycles. The summed E-state index contributed by atoms with van der Waals surface area (Å²) in [6.07, 6.45) is 0.219. The van der Waals surface area contributed by atoms with Crippen molar-refractivity contribution >= 4 is 22.8 Å². The molecular weight excluding hydrogens is 292 g/mol. The molecule has 114 valence electrons. The van der Waals surface area contributed by atoms with E-state index in [-0.39, 0.29) is 12.3 Å². The van der Waals surface area contributed by atoms with Crippen molar-refractivity contribution in [1.82, 2.24) is 5.32 Å². The molecule has 6 nitrogen and oxygen atoms in total. The molecule has 7 heteroatoms. The van der Waals surface area contributed by atoms with Crippen molar-refractivity contribution in [3.63, 3.8) is 0 Å². The molecule has 0 unspecified atom stereocenters. The van der Waals surface area contributed by atoms with Crippen molar-refractivity contribution in [1.29, 1.82) is 0 Å². The summed E-state index contributed by atoms with van der Waals surface area (Å²) in [5.41, 5.74) is 0.783. The second-order valence-electron chi connectivity index (χ2n) is 4.29. The molecule has 2 rings (SSSR count). The van der Waals surface area contributed by atoms with E-state index >= 15 is 0 Å². The highest BCUT2D eigenvalue weighted by molar-refractivity contribution is 8.14. The average molecular weight is 310 g/mol. The van der Waals surface area contributed by atoms with Gasteiger partial charge in [0.2, 0.25) is 11.7 Å². The Hall–Kier alpha value is -1.89. The summed E-state index contributed by atoms with van der Waals surface area (Å²) >= 11 is 1.55. The third kappa shape index (κ3) is 3.81. The van der Waals surface area contributed by atoms with Crippen LogP contribution in [0.5, 0.6) is 17.2 Å². The molecule has 0 atom stereocenters. The predicted molar refractivity (Wildman–Crippen MR) is 82.7 cm³/mol. The first-order valence-electron chi connectivity index (χ1n) is 6.44. The van der Waals surface area contributed by atoms with Crippen LogP contribution >= 0.6 is 11.8 Å². The zero-order valence-corrected chi connectivity index (χ0v) is 13.1. The number of aliphatic imine (C=N–C) groups is 1. The monoisotopic (exact) mass is 310 g/mol. The standard InChI is InChI=1S/C14H18N2O4S/c1-18-10-6-9(7-11(19-2)13(10)20-3)8-12(17)16-14-15-4-5-21-14/h6-7H,4-5,8H2,1-3H3,(H,15,16,17). The molecular formula is C14H18N2O4S. The van der Waals surface area contributed by atoms with Crippen LogP contribution in [0.2, 0.25) is 0 Å². The van der Waals surface area contributed by atoms with Gasteiger partial charge >= 0.3 is 0 Å². The Morgan fingerprint density at radius 2 is 1.90 bits per heavy atom. The molecule has 0 aliphatic carbocycles. The quantitative estimate of drug-likeness (QED) is 0.892. The van der Waals surface area contributed by atoms with E-state index in [0.29, 0.717) is 22.4 Å². The molecule has 0 aromatic heterocycles.